The zero-order chi connectivity index (χ0) is 34.6. The van der Waals surface area contributed by atoms with Crippen molar-refractivity contribution in [1.82, 2.24) is 14.9 Å². The number of halogens is 2. The minimum Gasteiger partial charge on any atom is -0.453 e. The number of piperazine rings is 1. The van der Waals surface area contributed by atoms with Gasteiger partial charge in [-0.3, -0.25) is 4.79 Å². The van der Waals surface area contributed by atoms with Crippen LogP contribution in [0, 0.1) is 11.7 Å². The number of anilines is 1. The van der Waals surface area contributed by atoms with Crippen molar-refractivity contribution in [2.45, 2.75) is 67.0 Å². The van der Waals surface area contributed by atoms with E-state index in [1.165, 1.54) is 19.2 Å². The van der Waals surface area contributed by atoms with Gasteiger partial charge in [-0.2, -0.15) is 4.31 Å². The number of rotatable bonds is 11. The van der Waals surface area contributed by atoms with Crippen LogP contribution in [0.5, 0.6) is 0 Å². The van der Waals surface area contributed by atoms with Crippen LogP contribution >= 0.6 is 11.6 Å². The van der Waals surface area contributed by atoms with Gasteiger partial charge in [0.05, 0.1) is 12.0 Å². The van der Waals surface area contributed by atoms with Crippen LogP contribution in [0.4, 0.5) is 14.9 Å². The summed E-state index contributed by atoms with van der Waals surface area (Å²) in [4.78, 5) is 27.1. The molecule has 1 spiro atoms. The first-order valence-corrected chi connectivity index (χ1v) is 18.5. The van der Waals surface area contributed by atoms with E-state index in [-0.39, 0.29) is 28.5 Å². The number of carbonyl (C=O) groups is 2. The average Bonchev–Trinajstić information content (AvgIpc) is 3.87. The molecule has 3 aromatic rings. The summed E-state index contributed by atoms with van der Waals surface area (Å²) in [6.45, 7) is 2.02. The van der Waals surface area contributed by atoms with Crippen LogP contribution in [0.1, 0.15) is 49.1 Å². The predicted octanol–water partition coefficient (Wildman–Crippen LogP) is 5.48. The van der Waals surface area contributed by atoms with Gasteiger partial charge in [0.2, 0.25) is 15.9 Å². The number of sulfonamides is 1. The summed E-state index contributed by atoms with van der Waals surface area (Å²) in [7, 11) is -2.58. The first-order valence-electron chi connectivity index (χ1n) is 16.7. The summed E-state index contributed by atoms with van der Waals surface area (Å²) in [5.74, 6) is -1.53. The monoisotopic (exact) mass is 712 g/mol. The molecule has 10 nitrogen and oxygen atoms in total. The second kappa shape index (κ2) is 15.1. The molecule has 2 aliphatic heterocycles. The standard InChI is InChI=1S/C36H42ClFN4O6S/c1-47-35(44)41-33(32(25-16-20-48-21-17-25)24-10-12-26(37)13-11-24)34(43)40-31-9-5-8-30(38)29(31)15-14-27-22-39-23-36(18-19-36)42(27)49(45,46)28-6-3-2-4-7-28/h2-13,25,27,32-33,39H,14-23H2,1H3,(H,40,43)(H,41,44)/t27-,32-,33-/m0/s1. The number of benzene rings is 3. The molecule has 0 radical (unpaired) electrons. The van der Waals surface area contributed by atoms with E-state index in [1.807, 2.05) is 12.1 Å². The number of hydrogen-bond donors (Lipinski definition) is 3. The normalized spacial score (nSPS) is 20.7. The van der Waals surface area contributed by atoms with E-state index >= 15 is 4.39 Å². The Morgan fingerprint density at radius 1 is 1.06 bits per heavy atom. The number of nitrogens with zero attached hydrogens (tertiary/aromatic N) is 1. The molecule has 3 aliphatic rings. The molecule has 2 saturated heterocycles. The molecule has 2 heterocycles. The van der Waals surface area contributed by atoms with Crippen molar-refractivity contribution >= 4 is 39.3 Å². The largest absolute Gasteiger partial charge is 0.453 e. The van der Waals surface area contributed by atoms with Crippen LogP contribution in [-0.2, 0) is 30.7 Å². The highest BCUT2D eigenvalue weighted by Crippen LogP contribution is 2.47. The zero-order valence-electron chi connectivity index (χ0n) is 27.4. The van der Waals surface area contributed by atoms with Gasteiger partial charge in [-0.25, -0.2) is 17.6 Å². The molecule has 2 amide bonds. The first-order chi connectivity index (χ1) is 23.6. The number of amides is 2. The lowest BCUT2D eigenvalue weighted by atomic mass is 9.76. The molecule has 3 N–H and O–H groups in total. The SMILES string of the molecule is COC(=O)N[C@H](C(=O)Nc1cccc(F)c1CC[C@H]1CNCC2(CC2)N1S(=O)(=O)c1ccccc1)[C@@H](c1ccc(Cl)cc1)C1CCOCC1. The number of ether oxygens (including phenoxy) is 2. The summed E-state index contributed by atoms with van der Waals surface area (Å²) in [5.41, 5.74) is 0.822. The molecule has 1 saturated carbocycles. The predicted molar refractivity (Wildman–Crippen MR) is 185 cm³/mol. The molecule has 49 heavy (non-hydrogen) atoms. The van der Waals surface area contributed by atoms with Gasteiger partial charge in [0.15, 0.2) is 0 Å². The van der Waals surface area contributed by atoms with E-state index in [1.54, 1.807) is 52.8 Å². The molecular weight excluding hydrogens is 671 g/mol. The van der Waals surface area contributed by atoms with Gasteiger partial charge in [0, 0.05) is 60.1 Å². The fourth-order valence-corrected chi connectivity index (χ4v) is 9.57. The van der Waals surface area contributed by atoms with Gasteiger partial charge in [-0.1, -0.05) is 48.0 Å². The summed E-state index contributed by atoms with van der Waals surface area (Å²) >= 11 is 6.20. The Balaban J connectivity index is 1.27. The maximum absolute atomic E-state index is 15.6. The fourth-order valence-electron chi connectivity index (χ4n) is 7.39. The van der Waals surface area contributed by atoms with Gasteiger partial charge in [0.1, 0.15) is 11.9 Å². The molecule has 0 unspecified atom stereocenters. The van der Waals surface area contributed by atoms with Crippen molar-refractivity contribution in [1.29, 1.82) is 0 Å². The third-order valence-electron chi connectivity index (χ3n) is 9.99. The zero-order valence-corrected chi connectivity index (χ0v) is 28.9. The highest BCUT2D eigenvalue weighted by Gasteiger charge is 2.57. The van der Waals surface area contributed by atoms with Crippen LogP contribution in [0.2, 0.25) is 5.02 Å². The summed E-state index contributed by atoms with van der Waals surface area (Å²) in [5, 5.41) is 9.60. The van der Waals surface area contributed by atoms with Gasteiger partial charge in [0.25, 0.3) is 0 Å². The van der Waals surface area contributed by atoms with E-state index in [0.29, 0.717) is 50.6 Å². The highest BCUT2D eigenvalue weighted by atomic mass is 35.5. The number of hydrogen-bond acceptors (Lipinski definition) is 7. The van der Waals surface area contributed by atoms with Crippen molar-refractivity contribution in [3.05, 3.63) is 94.8 Å². The molecule has 1 aliphatic carbocycles. The average molecular weight is 713 g/mol. The van der Waals surface area contributed by atoms with E-state index in [2.05, 4.69) is 16.0 Å². The highest BCUT2D eigenvalue weighted by molar-refractivity contribution is 7.89. The number of nitrogens with one attached hydrogen (secondary N) is 3. The third kappa shape index (κ3) is 7.78. The topological polar surface area (TPSA) is 126 Å². The molecule has 0 aromatic heterocycles. The number of alkyl carbamates (subject to hydrolysis) is 1. The Hall–Kier alpha value is -3.55. The summed E-state index contributed by atoms with van der Waals surface area (Å²) in [6.07, 6.45) is 2.56. The first kappa shape index (κ1) is 35.3. The Kier molecular flexibility index (Phi) is 10.9. The van der Waals surface area contributed by atoms with E-state index < -0.39 is 51.4 Å². The number of methoxy groups -OCH3 is 1. The lowest BCUT2D eigenvalue weighted by Crippen LogP contribution is -2.61. The van der Waals surface area contributed by atoms with E-state index in [0.717, 1.165) is 18.4 Å². The molecule has 3 aromatic carbocycles. The minimum atomic E-state index is -3.81. The molecule has 0 bridgehead atoms. The minimum absolute atomic E-state index is 0.0131. The van der Waals surface area contributed by atoms with Crippen molar-refractivity contribution in [2.75, 3.05) is 38.7 Å². The Morgan fingerprint density at radius 2 is 1.78 bits per heavy atom. The molecule has 6 rings (SSSR count). The lowest BCUT2D eigenvalue weighted by molar-refractivity contribution is -0.119. The smallest absolute Gasteiger partial charge is 0.407 e. The second-order valence-electron chi connectivity index (χ2n) is 13.1. The molecule has 262 valence electrons. The Labute approximate surface area is 291 Å². The fraction of sp³-hybridized carbons (Fsp3) is 0.444. The quantitative estimate of drug-likeness (QED) is 0.241. The summed E-state index contributed by atoms with van der Waals surface area (Å²) < 4.78 is 55.7. The maximum Gasteiger partial charge on any atom is 0.407 e. The Morgan fingerprint density at radius 3 is 2.45 bits per heavy atom. The van der Waals surface area contributed by atoms with Crippen LogP contribution < -0.4 is 16.0 Å². The number of carbonyl (C=O) groups excluding carboxylic acids is 2. The van der Waals surface area contributed by atoms with Crippen molar-refractivity contribution in [3.8, 4) is 0 Å². The summed E-state index contributed by atoms with van der Waals surface area (Å²) in [6, 6.07) is 18.5. The molecule has 3 fully saturated rings. The third-order valence-corrected chi connectivity index (χ3v) is 12.3. The van der Waals surface area contributed by atoms with Crippen LogP contribution in [0.3, 0.4) is 0 Å². The van der Waals surface area contributed by atoms with Crippen molar-refractivity contribution < 1.29 is 31.9 Å². The van der Waals surface area contributed by atoms with Crippen molar-refractivity contribution in [3.63, 3.8) is 0 Å². The maximum atomic E-state index is 15.6. The molecular formula is C36H42ClFN4O6S. The van der Waals surface area contributed by atoms with Gasteiger partial charge in [-0.15, -0.1) is 0 Å². The van der Waals surface area contributed by atoms with E-state index in [4.69, 9.17) is 21.1 Å². The molecule has 13 heteroatoms. The van der Waals surface area contributed by atoms with Gasteiger partial charge >= 0.3 is 6.09 Å². The van der Waals surface area contributed by atoms with Crippen LogP contribution in [0.15, 0.2) is 77.7 Å². The van der Waals surface area contributed by atoms with Crippen LogP contribution in [-0.4, -0.2) is 75.8 Å². The van der Waals surface area contributed by atoms with Crippen LogP contribution in [0.25, 0.3) is 0 Å². The molecule has 3 atom stereocenters. The lowest BCUT2D eigenvalue weighted by Gasteiger charge is -2.42. The van der Waals surface area contributed by atoms with Gasteiger partial charge in [-0.05, 0) is 86.4 Å². The second-order valence-corrected chi connectivity index (χ2v) is 15.3. The van der Waals surface area contributed by atoms with Crippen molar-refractivity contribution in [2.24, 2.45) is 5.92 Å². The van der Waals surface area contributed by atoms with E-state index in [9.17, 15) is 18.0 Å². The Bertz CT molecular complexity index is 1740. The van der Waals surface area contributed by atoms with Gasteiger partial charge < -0.3 is 25.4 Å².